The lowest BCUT2D eigenvalue weighted by Gasteiger charge is -1.88. The summed E-state index contributed by atoms with van der Waals surface area (Å²) < 4.78 is 0. The summed E-state index contributed by atoms with van der Waals surface area (Å²) in [5.74, 6) is 0. The van der Waals surface area contributed by atoms with E-state index in [2.05, 4.69) is 13.2 Å². The van der Waals surface area contributed by atoms with Crippen molar-refractivity contribution >= 4 is 16.8 Å². The molecule has 0 aliphatic carbocycles. The fraction of sp³-hybridized carbons (Fsp3) is 0.167. The lowest BCUT2D eigenvalue weighted by atomic mass is 10.2. The molecule has 0 aliphatic rings. The molecule has 1 nitrogen and oxygen atoms in total. The second-order valence-electron chi connectivity index (χ2n) is 1.37. The van der Waals surface area contributed by atoms with Gasteiger partial charge in [0.05, 0.1) is 0 Å². The monoisotopic (exact) mass is 130 g/mol. The maximum Gasteiger partial charge on any atom is 0.248 e. The second kappa shape index (κ2) is 3.44. The number of allylic oxidation sites excluding steroid dienone is 2. The molecular weight excluding hydrogens is 124 g/mol. The summed E-state index contributed by atoms with van der Waals surface area (Å²) in [4.78, 5) is 10.2. The molecule has 0 aromatic heterocycles. The van der Waals surface area contributed by atoms with Crippen LogP contribution in [-0.4, -0.2) is 5.24 Å². The highest BCUT2D eigenvalue weighted by molar-refractivity contribution is 6.67. The van der Waals surface area contributed by atoms with Gasteiger partial charge in [-0.25, -0.2) is 0 Å². The van der Waals surface area contributed by atoms with Crippen molar-refractivity contribution in [3.05, 3.63) is 24.8 Å². The minimum Gasteiger partial charge on any atom is -0.276 e. The van der Waals surface area contributed by atoms with E-state index in [0.29, 0.717) is 12.0 Å². The van der Waals surface area contributed by atoms with Crippen LogP contribution in [-0.2, 0) is 4.79 Å². The van der Waals surface area contributed by atoms with Crippen LogP contribution >= 0.6 is 11.6 Å². The van der Waals surface area contributed by atoms with Crippen molar-refractivity contribution in [2.75, 3.05) is 0 Å². The van der Waals surface area contributed by atoms with E-state index in [1.165, 1.54) is 0 Å². The molecule has 2 heteroatoms. The van der Waals surface area contributed by atoms with Gasteiger partial charge in [0.1, 0.15) is 0 Å². The normalized spacial score (nSPS) is 8.12. The van der Waals surface area contributed by atoms with Crippen molar-refractivity contribution in [2.45, 2.75) is 6.42 Å². The van der Waals surface area contributed by atoms with Crippen molar-refractivity contribution in [2.24, 2.45) is 0 Å². The van der Waals surface area contributed by atoms with Gasteiger partial charge in [0.15, 0.2) is 0 Å². The van der Waals surface area contributed by atoms with Crippen LogP contribution in [0.3, 0.4) is 0 Å². The summed E-state index contributed by atoms with van der Waals surface area (Å²) in [6.45, 7) is 6.80. The molecule has 0 N–H and O–H groups in total. The van der Waals surface area contributed by atoms with Crippen molar-refractivity contribution in [1.82, 2.24) is 0 Å². The first-order valence-corrected chi connectivity index (χ1v) is 2.54. The Balaban J connectivity index is 3.65. The highest BCUT2D eigenvalue weighted by atomic mass is 35.5. The Morgan fingerprint density at radius 2 is 2.25 bits per heavy atom. The van der Waals surface area contributed by atoms with Gasteiger partial charge in [0, 0.05) is 5.57 Å². The van der Waals surface area contributed by atoms with Crippen LogP contribution in [0.4, 0.5) is 0 Å². The molecule has 0 aliphatic heterocycles. The van der Waals surface area contributed by atoms with Gasteiger partial charge in [0.25, 0.3) is 0 Å². The van der Waals surface area contributed by atoms with Crippen LogP contribution in [0.5, 0.6) is 0 Å². The average molecular weight is 131 g/mol. The van der Waals surface area contributed by atoms with Crippen molar-refractivity contribution in [1.29, 1.82) is 0 Å². The number of halogens is 1. The van der Waals surface area contributed by atoms with Gasteiger partial charge in [-0.1, -0.05) is 12.7 Å². The van der Waals surface area contributed by atoms with Crippen LogP contribution in [0, 0.1) is 0 Å². The first-order valence-electron chi connectivity index (χ1n) is 2.17. The predicted molar refractivity (Wildman–Crippen MR) is 34.8 cm³/mol. The summed E-state index contributed by atoms with van der Waals surface area (Å²) in [6, 6.07) is 0. The van der Waals surface area contributed by atoms with Gasteiger partial charge in [-0.05, 0) is 18.0 Å². The fourth-order valence-electron chi connectivity index (χ4n) is 0.254. The smallest absolute Gasteiger partial charge is 0.248 e. The zero-order valence-corrected chi connectivity index (χ0v) is 5.24. The summed E-state index contributed by atoms with van der Waals surface area (Å²) in [7, 11) is 0. The molecule has 0 saturated carbocycles. The zero-order chi connectivity index (χ0) is 6.57. The molecule has 0 rings (SSSR count). The van der Waals surface area contributed by atoms with E-state index < -0.39 is 5.24 Å². The molecule has 0 atom stereocenters. The van der Waals surface area contributed by atoms with Crippen molar-refractivity contribution in [3.63, 3.8) is 0 Å². The Kier molecular flexibility index (Phi) is 3.20. The van der Waals surface area contributed by atoms with Gasteiger partial charge in [0.2, 0.25) is 5.24 Å². The van der Waals surface area contributed by atoms with Gasteiger partial charge < -0.3 is 0 Å². The number of carbonyl (C=O) groups is 1. The predicted octanol–water partition coefficient (Wildman–Crippen LogP) is 1.88. The molecule has 0 fully saturated rings. The molecule has 8 heavy (non-hydrogen) atoms. The molecule has 0 spiro atoms. The Bertz CT molecular complexity index is 126. The standard InChI is InChI=1S/C6H7ClO/c1-3-4-5(2)6(7)8/h3H,1-2,4H2. The molecule has 0 bridgehead atoms. The highest BCUT2D eigenvalue weighted by Gasteiger charge is 1.97. The van der Waals surface area contributed by atoms with Crippen LogP contribution < -0.4 is 0 Å². The maximum atomic E-state index is 10.2. The van der Waals surface area contributed by atoms with E-state index in [1.807, 2.05) is 0 Å². The molecule has 0 amide bonds. The Morgan fingerprint density at radius 3 is 2.38 bits per heavy atom. The van der Waals surface area contributed by atoms with Crippen LogP contribution in [0.2, 0.25) is 0 Å². The Hall–Kier alpha value is -0.560. The van der Waals surface area contributed by atoms with Gasteiger partial charge >= 0.3 is 0 Å². The molecule has 0 aromatic rings. The van der Waals surface area contributed by atoms with Crippen LogP contribution in [0.15, 0.2) is 24.8 Å². The molecule has 0 aromatic carbocycles. The molecule has 0 heterocycles. The van der Waals surface area contributed by atoms with Crippen molar-refractivity contribution in [3.8, 4) is 0 Å². The second-order valence-corrected chi connectivity index (χ2v) is 1.71. The van der Waals surface area contributed by atoms with E-state index in [0.717, 1.165) is 0 Å². The van der Waals surface area contributed by atoms with E-state index in [-0.39, 0.29) is 0 Å². The average Bonchev–Trinajstić information content (AvgIpc) is 1.67. The topological polar surface area (TPSA) is 17.1 Å². The summed E-state index contributed by atoms with van der Waals surface area (Å²) in [5.41, 5.74) is 0.390. The number of rotatable bonds is 3. The largest absolute Gasteiger partial charge is 0.276 e. The quantitative estimate of drug-likeness (QED) is 0.324. The highest BCUT2D eigenvalue weighted by Crippen LogP contribution is 2.01. The third-order valence-electron chi connectivity index (χ3n) is 0.669. The molecule has 0 unspecified atom stereocenters. The maximum absolute atomic E-state index is 10.2. The lowest BCUT2D eigenvalue weighted by molar-refractivity contribution is -0.108. The van der Waals surface area contributed by atoms with Crippen LogP contribution in [0.25, 0.3) is 0 Å². The van der Waals surface area contributed by atoms with Gasteiger partial charge in [-0.3, -0.25) is 4.79 Å². The van der Waals surface area contributed by atoms with E-state index in [4.69, 9.17) is 11.6 Å². The minimum absolute atomic E-state index is 0.390. The number of carbonyl (C=O) groups excluding carboxylic acids is 1. The Morgan fingerprint density at radius 1 is 1.75 bits per heavy atom. The summed E-state index contributed by atoms with van der Waals surface area (Å²) in [6.07, 6.45) is 2.06. The van der Waals surface area contributed by atoms with Gasteiger partial charge in [-0.15, -0.1) is 6.58 Å². The van der Waals surface area contributed by atoms with E-state index >= 15 is 0 Å². The minimum atomic E-state index is -0.482. The molecule has 44 valence electrons. The van der Waals surface area contributed by atoms with E-state index in [1.54, 1.807) is 6.08 Å². The number of hydrogen-bond acceptors (Lipinski definition) is 1. The summed E-state index contributed by atoms with van der Waals surface area (Å²) >= 11 is 5.02. The lowest BCUT2D eigenvalue weighted by Crippen LogP contribution is -1.87. The van der Waals surface area contributed by atoms with Gasteiger partial charge in [-0.2, -0.15) is 0 Å². The fourth-order valence-corrected chi connectivity index (χ4v) is 0.332. The zero-order valence-electron chi connectivity index (χ0n) is 4.48. The third-order valence-corrected chi connectivity index (χ3v) is 0.936. The number of hydrogen-bond donors (Lipinski definition) is 0. The first kappa shape index (κ1) is 7.44. The third kappa shape index (κ3) is 2.59. The molecule has 0 radical (unpaired) electrons. The molecule has 0 saturated heterocycles. The van der Waals surface area contributed by atoms with Crippen molar-refractivity contribution < 1.29 is 4.79 Å². The Labute approximate surface area is 53.6 Å². The van der Waals surface area contributed by atoms with E-state index in [9.17, 15) is 4.79 Å². The first-order chi connectivity index (χ1) is 3.68. The SMILES string of the molecule is C=CCC(=C)C(=O)Cl. The molecular formula is C6H7ClO. The van der Waals surface area contributed by atoms with Crippen LogP contribution in [0.1, 0.15) is 6.42 Å². The summed E-state index contributed by atoms with van der Waals surface area (Å²) in [5, 5.41) is -0.482.